The van der Waals surface area contributed by atoms with E-state index in [4.69, 9.17) is 15.7 Å². The van der Waals surface area contributed by atoms with Crippen LogP contribution in [0.5, 0.6) is 5.75 Å². The number of nitrogen functional groups attached to an aromatic ring is 1. The number of nitrogens with two attached hydrogens (primary N) is 1. The Bertz CT molecular complexity index is 605. The molecule has 0 fully saturated rings. The van der Waals surface area contributed by atoms with Crippen molar-refractivity contribution in [1.29, 1.82) is 5.26 Å². The van der Waals surface area contributed by atoms with E-state index < -0.39 is 0 Å². The van der Waals surface area contributed by atoms with Crippen LogP contribution in [0.4, 0.5) is 5.69 Å². The van der Waals surface area contributed by atoms with Crippen LogP contribution in [0.2, 0.25) is 0 Å². The van der Waals surface area contributed by atoms with E-state index >= 15 is 0 Å². The quantitative estimate of drug-likeness (QED) is 0.883. The number of nitriles is 1. The zero-order valence-corrected chi connectivity index (χ0v) is 11.1. The molecule has 3 nitrogen and oxygen atoms in total. The summed E-state index contributed by atoms with van der Waals surface area (Å²) in [5.41, 5.74) is 8.04. The van der Waals surface area contributed by atoms with Crippen LogP contribution in [0.1, 0.15) is 11.1 Å². The van der Waals surface area contributed by atoms with E-state index in [1.54, 1.807) is 18.2 Å². The molecular formula is C14H11BrN2O. The molecule has 0 saturated heterocycles. The van der Waals surface area contributed by atoms with Crippen LogP contribution in [-0.4, -0.2) is 0 Å². The van der Waals surface area contributed by atoms with Crippen LogP contribution in [0.3, 0.4) is 0 Å². The molecule has 0 atom stereocenters. The van der Waals surface area contributed by atoms with Gasteiger partial charge in [0.2, 0.25) is 0 Å². The Labute approximate surface area is 114 Å². The second-order valence-electron chi connectivity index (χ2n) is 3.78. The summed E-state index contributed by atoms with van der Waals surface area (Å²) in [5, 5.41) is 8.79. The average molecular weight is 303 g/mol. The number of hydrogen-bond donors (Lipinski definition) is 1. The topological polar surface area (TPSA) is 59.0 Å². The largest absolute Gasteiger partial charge is 0.489 e. The van der Waals surface area contributed by atoms with Crippen molar-refractivity contribution in [2.75, 3.05) is 5.73 Å². The fourth-order valence-corrected chi connectivity index (χ4v) is 1.75. The average Bonchev–Trinajstić information content (AvgIpc) is 2.40. The highest BCUT2D eigenvalue weighted by atomic mass is 79.9. The van der Waals surface area contributed by atoms with E-state index in [0.29, 0.717) is 23.6 Å². The molecule has 2 N–H and O–H groups in total. The predicted octanol–water partition coefficient (Wildman–Crippen LogP) is 3.48. The van der Waals surface area contributed by atoms with Crippen LogP contribution in [0.25, 0.3) is 0 Å². The summed E-state index contributed by atoms with van der Waals surface area (Å²) in [6, 6.07) is 14.8. The van der Waals surface area contributed by atoms with Gasteiger partial charge in [-0.25, -0.2) is 0 Å². The second-order valence-corrected chi connectivity index (χ2v) is 4.64. The van der Waals surface area contributed by atoms with E-state index in [9.17, 15) is 0 Å². The van der Waals surface area contributed by atoms with Crippen molar-refractivity contribution < 1.29 is 4.74 Å². The minimum Gasteiger partial charge on any atom is -0.489 e. The molecule has 4 heteroatoms. The Morgan fingerprint density at radius 3 is 2.78 bits per heavy atom. The van der Waals surface area contributed by atoms with Gasteiger partial charge < -0.3 is 10.5 Å². The third-order valence-corrected chi connectivity index (χ3v) is 3.15. The number of rotatable bonds is 3. The molecule has 0 aliphatic rings. The molecule has 0 amide bonds. The lowest BCUT2D eigenvalue weighted by Gasteiger charge is -2.07. The SMILES string of the molecule is N#Cc1cccc(OCc2ccc(Br)c(N)c2)c1. The Balaban J connectivity index is 2.07. The molecule has 0 aromatic heterocycles. The summed E-state index contributed by atoms with van der Waals surface area (Å²) in [5.74, 6) is 0.676. The molecule has 0 unspecified atom stereocenters. The lowest BCUT2D eigenvalue weighted by molar-refractivity contribution is 0.306. The van der Waals surface area contributed by atoms with Crippen molar-refractivity contribution in [3.05, 3.63) is 58.1 Å². The first-order valence-corrected chi connectivity index (χ1v) is 6.15. The van der Waals surface area contributed by atoms with Gasteiger partial charge >= 0.3 is 0 Å². The number of hydrogen-bond acceptors (Lipinski definition) is 3. The fourth-order valence-electron chi connectivity index (χ4n) is 1.51. The molecule has 18 heavy (non-hydrogen) atoms. The van der Waals surface area contributed by atoms with Crippen molar-refractivity contribution >= 4 is 21.6 Å². The lowest BCUT2D eigenvalue weighted by Crippen LogP contribution is -1.97. The smallest absolute Gasteiger partial charge is 0.121 e. The van der Waals surface area contributed by atoms with Gasteiger partial charge in [-0.2, -0.15) is 5.26 Å². The van der Waals surface area contributed by atoms with Gasteiger partial charge in [0.05, 0.1) is 11.6 Å². The molecule has 0 heterocycles. The summed E-state index contributed by atoms with van der Waals surface area (Å²) in [6.45, 7) is 0.423. The third-order valence-electron chi connectivity index (χ3n) is 2.43. The molecular weight excluding hydrogens is 292 g/mol. The molecule has 2 rings (SSSR count). The van der Waals surface area contributed by atoms with Crippen molar-refractivity contribution in [2.45, 2.75) is 6.61 Å². The highest BCUT2D eigenvalue weighted by Crippen LogP contribution is 2.21. The summed E-state index contributed by atoms with van der Waals surface area (Å²) in [6.07, 6.45) is 0. The lowest BCUT2D eigenvalue weighted by atomic mass is 10.2. The molecule has 0 radical (unpaired) electrons. The van der Waals surface area contributed by atoms with E-state index in [-0.39, 0.29) is 0 Å². The molecule has 90 valence electrons. The van der Waals surface area contributed by atoms with E-state index in [2.05, 4.69) is 22.0 Å². The minimum absolute atomic E-state index is 0.423. The number of halogens is 1. The second kappa shape index (κ2) is 5.56. The van der Waals surface area contributed by atoms with Crippen LogP contribution in [-0.2, 0) is 6.61 Å². The molecule has 0 aliphatic heterocycles. The minimum atomic E-state index is 0.423. The van der Waals surface area contributed by atoms with Crippen LogP contribution in [0.15, 0.2) is 46.9 Å². The normalized spacial score (nSPS) is 9.78. The van der Waals surface area contributed by atoms with E-state index in [1.165, 1.54) is 0 Å². The van der Waals surface area contributed by atoms with Crippen molar-refractivity contribution in [3.63, 3.8) is 0 Å². The Morgan fingerprint density at radius 1 is 1.22 bits per heavy atom. The molecule has 0 spiro atoms. The number of benzene rings is 2. The molecule has 2 aromatic carbocycles. The maximum absolute atomic E-state index is 8.79. The van der Waals surface area contributed by atoms with Crippen LogP contribution < -0.4 is 10.5 Å². The van der Waals surface area contributed by atoms with Crippen LogP contribution >= 0.6 is 15.9 Å². The maximum atomic E-state index is 8.79. The summed E-state index contributed by atoms with van der Waals surface area (Å²) >= 11 is 3.34. The van der Waals surface area contributed by atoms with Gasteiger partial charge in [0.15, 0.2) is 0 Å². The van der Waals surface area contributed by atoms with Gasteiger partial charge in [-0.3, -0.25) is 0 Å². The number of anilines is 1. The van der Waals surface area contributed by atoms with Crippen molar-refractivity contribution in [2.24, 2.45) is 0 Å². The summed E-state index contributed by atoms with van der Waals surface area (Å²) < 4.78 is 6.48. The Kier molecular flexibility index (Phi) is 3.85. The maximum Gasteiger partial charge on any atom is 0.121 e. The summed E-state index contributed by atoms with van der Waals surface area (Å²) in [4.78, 5) is 0. The van der Waals surface area contributed by atoms with Gasteiger partial charge in [-0.15, -0.1) is 0 Å². The van der Waals surface area contributed by atoms with Crippen LogP contribution in [0, 0.1) is 11.3 Å². The predicted molar refractivity (Wildman–Crippen MR) is 74.0 cm³/mol. The highest BCUT2D eigenvalue weighted by molar-refractivity contribution is 9.10. The van der Waals surface area contributed by atoms with Crippen molar-refractivity contribution in [3.8, 4) is 11.8 Å². The van der Waals surface area contributed by atoms with Gasteiger partial charge in [0, 0.05) is 10.2 Å². The van der Waals surface area contributed by atoms with Gasteiger partial charge in [-0.05, 0) is 51.8 Å². The highest BCUT2D eigenvalue weighted by Gasteiger charge is 2.00. The van der Waals surface area contributed by atoms with E-state index in [1.807, 2.05) is 24.3 Å². The number of nitrogens with zero attached hydrogens (tertiary/aromatic N) is 1. The first-order valence-electron chi connectivity index (χ1n) is 5.36. The number of ether oxygens (including phenoxy) is 1. The molecule has 0 saturated carbocycles. The molecule has 0 aliphatic carbocycles. The molecule has 0 bridgehead atoms. The fraction of sp³-hybridized carbons (Fsp3) is 0.0714. The Morgan fingerprint density at radius 2 is 2.06 bits per heavy atom. The summed E-state index contributed by atoms with van der Waals surface area (Å²) in [7, 11) is 0. The third kappa shape index (κ3) is 3.02. The first kappa shape index (κ1) is 12.5. The zero-order chi connectivity index (χ0) is 13.0. The van der Waals surface area contributed by atoms with E-state index in [0.717, 1.165) is 10.0 Å². The monoisotopic (exact) mass is 302 g/mol. The van der Waals surface area contributed by atoms with Gasteiger partial charge in [-0.1, -0.05) is 12.1 Å². The first-order chi connectivity index (χ1) is 8.69. The van der Waals surface area contributed by atoms with Crippen molar-refractivity contribution in [1.82, 2.24) is 0 Å². The Hall–Kier alpha value is -1.99. The molecule has 2 aromatic rings. The van der Waals surface area contributed by atoms with Gasteiger partial charge in [0.1, 0.15) is 12.4 Å². The zero-order valence-electron chi connectivity index (χ0n) is 9.56. The standard InChI is InChI=1S/C14H11BrN2O/c15-13-5-4-11(7-14(13)17)9-18-12-3-1-2-10(6-12)8-16/h1-7H,9,17H2. The van der Waals surface area contributed by atoms with Gasteiger partial charge in [0.25, 0.3) is 0 Å².